The molecular weight excluding hydrogens is 286 g/mol. The van der Waals surface area contributed by atoms with Crippen LogP contribution in [0, 0.1) is 11.3 Å². The fourth-order valence-electron chi connectivity index (χ4n) is 1.65. The molecule has 0 aliphatic carbocycles. The van der Waals surface area contributed by atoms with E-state index in [4.69, 9.17) is 16.9 Å². The second-order valence-electron chi connectivity index (χ2n) is 4.26. The first-order valence-electron chi connectivity index (χ1n) is 6.23. The number of aromatic nitrogens is 1. The molecule has 2 aromatic rings. The average Bonchev–Trinajstić information content (AvgIpc) is 2.52. The lowest BCUT2D eigenvalue weighted by atomic mass is 10.1. The number of carbonyl (C=O) groups excluding carboxylic acids is 1. The van der Waals surface area contributed by atoms with E-state index in [1.165, 1.54) is 6.08 Å². The van der Waals surface area contributed by atoms with Gasteiger partial charge in [0.15, 0.2) is 0 Å². The SMILES string of the molecule is N#C/C(=C\c1ccncc1)C(=O)NCc1ccc(Cl)cc1. The molecule has 104 valence electrons. The second-order valence-corrected chi connectivity index (χ2v) is 4.70. The zero-order valence-electron chi connectivity index (χ0n) is 11.1. The lowest BCUT2D eigenvalue weighted by Crippen LogP contribution is -2.23. The number of amides is 1. The average molecular weight is 298 g/mol. The van der Waals surface area contributed by atoms with Crippen molar-refractivity contribution in [2.45, 2.75) is 6.54 Å². The van der Waals surface area contributed by atoms with Gasteiger partial charge in [0.1, 0.15) is 11.6 Å². The number of hydrogen-bond acceptors (Lipinski definition) is 3. The van der Waals surface area contributed by atoms with Gasteiger partial charge in [-0.15, -0.1) is 0 Å². The molecule has 0 aliphatic rings. The van der Waals surface area contributed by atoms with E-state index in [0.717, 1.165) is 11.1 Å². The summed E-state index contributed by atoms with van der Waals surface area (Å²) in [4.78, 5) is 15.9. The molecule has 0 atom stereocenters. The van der Waals surface area contributed by atoms with E-state index < -0.39 is 5.91 Å². The van der Waals surface area contributed by atoms with Crippen LogP contribution in [0.4, 0.5) is 0 Å². The predicted molar refractivity (Wildman–Crippen MR) is 81.1 cm³/mol. The van der Waals surface area contributed by atoms with Gasteiger partial charge in [-0.1, -0.05) is 23.7 Å². The minimum Gasteiger partial charge on any atom is -0.347 e. The molecule has 1 aromatic carbocycles. The first-order valence-corrected chi connectivity index (χ1v) is 6.61. The Kier molecular flexibility index (Phi) is 5.08. The number of nitrogens with one attached hydrogen (secondary N) is 1. The number of nitrogens with zero attached hydrogens (tertiary/aromatic N) is 2. The highest BCUT2D eigenvalue weighted by atomic mass is 35.5. The van der Waals surface area contributed by atoms with Crippen LogP contribution in [-0.2, 0) is 11.3 Å². The zero-order chi connectivity index (χ0) is 15.1. The van der Waals surface area contributed by atoms with Crippen LogP contribution in [0.5, 0.6) is 0 Å². The Balaban J connectivity index is 2.03. The van der Waals surface area contributed by atoms with Crippen molar-refractivity contribution in [3.8, 4) is 6.07 Å². The normalized spacial score (nSPS) is 10.8. The Morgan fingerprint density at radius 1 is 1.24 bits per heavy atom. The topological polar surface area (TPSA) is 65.8 Å². The van der Waals surface area contributed by atoms with Crippen LogP contribution < -0.4 is 5.32 Å². The number of nitriles is 1. The molecule has 1 amide bonds. The second kappa shape index (κ2) is 7.22. The third kappa shape index (κ3) is 4.44. The summed E-state index contributed by atoms with van der Waals surface area (Å²) in [5, 5.41) is 12.4. The molecule has 0 saturated carbocycles. The maximum Gasteiger partial charge on any atom is 0.262 e. The van der Waals surface area contributed by atoms with Gasteiger partial charge in [-0.2, -0.15) is 5.26 Å². The third-order valence-electron chi connectivity index (χ3n) is 2.75. The Labute approximate surface area is 127 Å². The van der Waals surface area contributed by atoms with E-state index >= 15 is 0 Å². The molecule has 2 rings (SSSR count). The van der Waals surface area contributed by atoms with Gasteiger partial charge in [0.2, 0.25) is 0 Å². The van der Waals surface area contributed by atoms with Gasteiger partial charge in [0, 0.05) is 24.0 Å². The molecule has 1 N–H and O–H groups in total. The van der Waals surface area contributed by atoms with E-state index in [0.29, 0.717) is 11.6 Å². The molecule has 4 nitrogen and oxygen atoms in total. The number of hydrogen-bond donors (Lipinski definition) is 1. The van der Waals surface area contributed by atoms with Crippen LogP contribution in [0.2, 0.25) is 5.02 Å². The van der Waals surface area contributed by atoms with Crippen molar-refractivity contribution in [3.63, 3.8) is 0 Å². The highest BCUT2D eigenvalue weighted by molar-refractivity contribution is 6.30. The van der Waals surface area contributed by atoms with Crippen LogP contribution in [0.3, 0.4) is 0 Å². The monoisotopic (exact) mass is 297 g/mol. The first kappa shape index (κ1) is 14.8. The molecule has 0 bridgehead atoms. The maximum atomic E-state index is 12.0. The lowest BCUT2D eigenvalue weighted by molar-refractivity contribution is -0.117. The van der Waals surface area contributed by atoms with Gasteiger partial charge in [0.05, 0.1) is 0 Å². The number of benzene rings is 1. The van der Waals surface area contributed by atoms with Gasteiger partial charge in [-0.3, -0.25) is 9.78 Å². The molecule has 1 aromatic heterocycles. The summed E-state index contributed by atoms with van der Waals surface area (Å²) in [7, 11) is 0. The number of carbonyl (C=O) groups is 1. The van der Waals surface area contributed by atoms with Gasteiger partial charge < -0.3 is 5.32 Å². The molecule has 1 heterocycles. The largest absolute Gasteiger partial charge is 0.347 e. The van der Waals surface area contributed by atoms with Crippen molar-refractivity contribution in [2.75, 3.05) is 0 Å². The van der Waals surface area contributed by atoms with E-state index in [-0.39, 0.29) is 5.57 Å². The first-order chi connectivity index (χ1) is 10.2. The van der Waals surface area contributed by atoms with Crippen molar-refractivity contribution in [2.24, 2.45) is 0 Å². The van der Waals surface area contributed by atoms with Crippen molar-refractivity contribution in [1.29, 1.82) is 5.26 Å². The molecule has 0 fully saturated rings. The van der Waals surface area contributed by atoms with Gasteiger partial charge in [0.25, 0.3) is 5.91 Å². The summed E-state index contributed by atoms with van der Waals surface area (Å²) in [5.74, 6) is -0.413. The smallest absolute Gasteiger partial charge is 0.262 e. The van der Waals surface area contributed by atoms with Crippen LogP contribution >= 0.6 is 11.6 Å². The Hall–Kier alpha value is -2.64. The van der Waals surface area contributed by atoms with Crippen molar-refractivity contribution in [1.82, 2.24) is 10.3 Å². The molecule has 5 heteroatoms. The summed E-state index contributed by atoms with van der Waals surface area (Å²) in [6.07, 6.45) is 4.73. The lowest BCUT2D eigenvalue weighted by Gasteiger charge is -2.04. The van der Waals surface area contributed by atoms with Gasteiger partial charge in [-0.25, -0.2) is 0 Å². The van der Waals surface area contributed by atoms with Gasteiger partial charge in [-0.05, 0) is 41.5 Å². The summed E-state index contributed by atoms with van der Waals surface area (Å²) >= 11 is 5.79. The fraction of sp³-hybridized carbons (Fsp3) is 0.0625. The minimum atomic E-state index is -0.413. The predicted octanol–water partition coefficient (Wildman–Crippen LogP) is 2.96. The van der Waals surface area contributed by atoms with Crippen LogP contribution in [-0.4, -0.2) is 10.9 Å². The molecular formula is C16H12ClN3O. The molecule has 0 spiro atoms. The quantitative estimate of drug-likeness (QED) is 0.697. The molecule has 0 saturated heterocycles. The van der Waals surface area contributed by atoms with Crippen molar-refractivity contribution < 1.29 is 4.79 Å². The highest BCUT2D eigenvalue weighted by Crippen LogP contribution is 2.10. The fourth-order valence-corrected chi connectivity index (χ4v) is 1.78. The molecule has 0 aliphatic heterocycles. The molecule has 0 unspecified atom stereocenters. The summed E-state index contributed by atoms with van der Waals surface area (Å²) < 4.78 is 0. The summed E-state index contributed by atoms with van der Waals surface area (Å²) in [6, 6.07) is 12.5. The number of rotatable bonds is 4. The Morgan fingerprint density at radius 3 is 2.52 bits per heavy atom. The Bertz CT molecular complexity index is 688. The van der Waals surface area contributed by atoms with Crippen LogP contribution in [0.25, 0.3) is 6.08 Å². The van der Waals surface area contributed by atoms with E-state index in [1.807, 2.05) is 18.2 Å². The summed E-state index contributed by atoms with van der Waals surface area (Å²) in [6.45, 7) is 0.339. The molecule has 21 heavy (non-hydrogen) atoms. The summed E-state index contributed by atoms with van der Waals surface area (Å²) in [5.41, 5.74) is 1.72. The van der Waals surface area contributed by atoms with Crippen molar-refractivity contribution in [3.05, 3.63) is 70.5 Å². The molecule has 0 radical (unpaired) electrons. The standard InChI is InChI=1S/C16H12ClN3O/c17-15-3-1-13(2-4-15)11-20-16(21)14(10-18)9-12-5-7-19-8-6-12/h1-9H,11H2,(H,20,21)/b14-9+. The minimum absolute atomic E-state index is 0.0511. The Morgan fingerprint density at radius 2 is 1.90 bits per heavy atom. The third-order valence-corrected chi connectivity index (χ3v) is 3.00. The number of halogens is 1. The van der Waals surface area contributed by atoms with Crippen LogP contribution in [0.15, 0.2) is 54.4 Å². The number of pyridine rings is 1. The van der Waals surface area contributed by atoms with Gasteiger partial charge >= 0.3 is 0 Å². The van der Waals surface area contributed by atoms with E-state index in [1.54, 1.807) is 36.7 Å². The van der Waals surface area contributed by atoms with Crippen molar-refractivity contribution >= 4 is 23.6 Å². The van der Waals surface area contributed by atoms with Crippen LogP contribution in [0.1, 0.15) is 11.1 Å². The van der Waals surface area contributed by atoms with E-state index in [9.17, 15) is 4.79 Å². The van der Waals surface area contributed by atoms with E-state index in [2.05, 4.69) is 10.3 Å². The maximum absolute atomic E-state index is 12.0. The zero-order valence-corrected chi connectivity index (χ0v) is 11.8. The highest BCUT2D eigenvalue weighted by Gasteiger charge is 2.08.